The van der Waals surface area contributed by atoms with Crippen molar-refractivity contribution in [3.05, 3.63) is 125 Å². The van der Waals surface area contributed by atoms with Crippen molar-refractivity contribution in [2.75, 3.05) is 48.3 Å². The number of carbonyl (C=O) groups excluding carboxylic acids is 4. The number of hydrogen-bond donors (Lipinski definition) is 4. The molecule has 16 nitrogen and oxygen atoms in total. The number of anilines is 3. The van der Waals surface area contributed by atoms with Gasteiger partial charge < -0.3 is 20.1 Å². The summed E-state index contributed by atoms with van der Waals surface area (Å²) in [6.07, 6.45) is 6.35. The lowest BCUT2D eigenvalue weighted by Gasteiger charge is -2.32. The maximum atomic E-state index is 13.6. The zero-order valence-electron chi connectivity index (χ0n) is 39.7. The monoisotopic (exact) mass is 973 g/mol. The van der Waals surface area contributed by atoms with Gasteiger partial charge in [-0.15, -0.1) is 0 Å². The molecule has 0 radical (unpaired) electrons. The second kappa shape index (κ2) is 20.5. The van der Waals surface area contributed by atoms with Crippen LogP contribution in [0.4, 0.5) is 16.6 Å². The molecule has 0 aliphatic carbocycles. The smallest absolute Gasteiger partial charge is 0.355 e. The number of nitrogens with zero attached hydrogens (tertiary/aromatic N) is 6. The number of benzene rings is 4. The fourth-order valence-corrected chi connectivity index (χ4v) is 11.2. The lowest BCUT2D eigenvalue weighted by molar-refractivity contribution is -0.134. The highest BCUT2D eigenvalue weighted by Crippen LogP contribution is 2.36. The summed E-state index contributed by atoms with van der Waals surface area (Å²) in [6.45, 7) is 5.47. The third-order valence-electron chi connectivity index (χ3n) is 14.0. The zero-order chi connectivity index (χ0) is 49.2. The summed E-state index contributed by atoms with van der Waals surface area (Å²) < 4.78 is 9.02. The molecule has 3 aromatic heterocycles. The molecule has 1 unspecified atom stereocenters. The Morgan fingerprint density at radius 1 is 0.901 bits per heavy atom. The Balaban J connectivity index is 0.714. The number of imide groups is 1. The van der Waals surface area contributed by atoms with Gasteiger partial charge in [-0.2, -0.15) is 5.10 Å². The minimum atomic E-state index is -1.13. The number of ether oxygens (including phenoxy) is 1. The summed E-state index contributed by atoms with van der Waals surface area (Å²) in [7, 11) is 1.81. The minimum absolute atomic E-state index is 0.0530. The van der Waals surface area contributed by atoms with E-state index in [9.17, 15) is 29.1 Å². The molecule has 17 heteroatoms. The highest BCUT2D eigenvalue weighted by atomic mass is 32.1. The second-order valence-electron chi connectivity index (χ2n) is 18.7. The molecule has 4 amide bonds. The number of thiazole rings is 1. The van der Waals surface area contributed by atoms with Crippen molar-refractivity contribution in [2.45, 2.75) is 70.8 Å². The third-order valence-corrected chi connectivity index (χ3v) is 14.9. The molecular formula is C54H55N9O7S. The average Bonchev–Trinajstić information content (AvgIpc) is 3.93. The first-order valence-electron chi connectivity index (χ1n) is 24.3. The van der Waals surface area contributed by atoms with Crippen molar-refractivity contribution >= 4 is 78.7 Å². The van der Waals surface area contributed by atoms with E-state index in [1.807, 2.05) is 110 Å². The fraction of sp³-hybridized carbons (Fsp3) is 0.333. The van der Waals surface area contributed by atoms with Gasteiger partial charge in [-0.1, -0.05) is 47.7 Å². The van der Waals surface area contributed by atoms with Crippen LogP contribution in [0, 0.1) is 12.8 Å². The number of aryl methyl sites for hydroxylation is 1. The molecule has 364 valence electrons. The van der Waals surface area contributed by atoms with Crippen molar-refractivity contribution in [3.63, 3.8) is 0 Å². The predicted octanol–water partition coefficient (Wildman–Crippen LogP) is 8.49. The molecule has 71 heavy (non-hydrogen) atoms. The number of amides is 4. The SMILES string of the molecule is Cc1c(OCCCC[C@@H]2CCCN(CC(=O)Nc3ccc4c(C5CCC(=O)NC5=O)nn(C)c4c3)C2)cccc1-c1ccc(N2CCc3cccc(C(=O)Nc4nc5ccccc5s4)c3C2)nc1C(=O)O. The van der Waals surface area contributed by atoms with Crippen molar-refractivity contribution in [1.29, 1.82) is 0 Å². The maximum absolute atomic E-state index is 13.6. The highest BCUT2D eigenvalue weighted by Gasteiger charge is 2.32. The Bertz CT molecular complexity index is 3190. The van der Waals surface area contributed by atoms with Gasteiger partial charge in [-0.05, 0) is 141 Å². The van der Waals surface area contributed by atoms with E-state index in [1.54, 1.807) is 4.68 Å². The number of unbranched alkanes of at least 4 members (excludes halogenated alkanes) is 1. The number of likely N-dealkylation sites (tertiary alicyclic amines) is 1. The molecule has 0 spiro atoms. The van der Waals surface area contributed by atoms with Gasteiger partial charge >= 0.3 is 5.97 Å². The number of hydrogen-bond acceptors (Lipinski definition) is 12. The molecule has 4 aromatic carbocycles. The van der Waals surface area contributed by atoms with Crippen LogP contribution < -0.4 is 25.6 Å². The number of para-hydroxylation sites is 1. The molecule has 10 rings (SSSR count). The van der Waals surface area contributed by atoms with Crippen molar-refractivity contribution in [3.8, 4) is 16.9 Å². The van der Waals surface area contributed by atoms with Gasteiger partial charge in [-0.25, -0.2) is 14.8 Å². The summed E-state index contributed by atoms with van der Waals surface area (Å²) in [5, 5.41) is 24.9. The molecule has 4 N–H and O–H groups in total. The van der Waals surface area contributed by atoms with E-state index >= 15 is 0 Å². The van der Waals surface area contributed by atoms with Crippen LogP contribution in [0.1, 0.15) is 94.1 Å². The normalized spacial score (nSPS) is 17.2. The lowest BCUT2D eigenvalue weighted by Crippen LogP contribution is -2.40. The van der Waals surface area contributed by atoms with Gasteiger partial charge in [0.05, 0.1) is 40.5 Å². The summed E-state index contributed by atoms with van der Waals surface area (Å²) in [4.78, 5) is 77.5. The lowest BCUT2D eigenvalue weighted by atomic mass is 9.92. The van der Waals surface area contributed by atoms with Crippen LogP contribution in [0.3, 0.4) is 0 Å². The van der Waals surface area contributed by atoms with E-state index in [-0.39, 0.29) is 35.7 Å². The van der Waals surface area contributed by atoms with Crippen LogP contribution in [-0.4, -0.2) is 92.1 Å². The fourth-order valence-electron chi connectivity index (χ4n) is 10.4. The number of pyridine rings is 1. The summed E-state index contributed by atoms with van der Waals surface area (Å²) in [5.41, 5.74) is 7.44. The molecular weight excluding hydrogens is 919 g/mol. The first-order chi connectivity index (χ1) is 34.4. The highest BCUT2D eigenvalue weighted by molar-refractivity contribution is 7.22. The van der Waals surface area contributed by atoms with E-state index in [2.05, 4.69) is 30.9 Å². The molecule has 3 aliphatic rings. The van der Waals surface area contributed by atoms with E-state index in [1.165, 1.54) is 11.3 Å². The van der Waals surface area contributed by atoms with Crippen molar-refractivity contribution in [1.82, 2.24) is 30.0 Å². The Labute approximate surface area is 414 Å². The number of rotatable bonds is 15. The Kier molecular flexibility index (Phi) is 13.6. The second-order valence-corrected chi connectivity index (χ2v) is 19.8. The minimum Gasteiger partial charge on any atom is -0.493 e. The summed E-state index contributed by atoms with van der Waals surface area (Å²) in [5.74, 6) is -0.856. The van der Waals surface area contributed by atoms with Crippen LogP contribution in [0.15, 0.2) is 91.0 Å². The number of aromatic carboxylic acids is 1. The molecule has 2 fully saturated rings. The molecule has 0 bridgehead atoms. The van der Waals surface area contributed by atoms with Crippen molar-refractivity contribution < 1.29 is 33.8 Å². The number of fused-ring (bicyclic) bond motifs is 3. The van der Waals surface area contributed by atoms with Gasteiger partial charge in [0.2, 0.25) is 17.7 Å². The Morgan fingerprint density at radius 2 is 1.76 bits per heavy atom. The Morgan fingerprint density at radius 3 is 2.61 bits per heavy atom. The third kappa shape index (κ3) is 10.2. The molecule has 3 aliphatic heterocycles. The van der Waals surface area contributed by atoms with Crippen LogP contribution in [0.25, 0.3) is 32.2 Å². The number of carboxylic acids is 1. The zero-order valence-corrected chi connectivity index (χ0v) is 40.5. The van der Waals surface area contributed by atoms with Gasteiger partial charge in [0, 0.05) is 55.3 Å². The van der Waals surface area contributed by atoms with Gasteiger partial charge in [0.15, 0.2) is 10.8 Å². The van der Waals surface area contributed by atoms with E-state index < -0.39 is 11.9 Å². The predicted molar refractivity (Wildman–Crippen MR) is 273 cm³/mol. The molecule has 7 aromatic rings. The summed E-state index contributed by atoms with van der Waals surface area (Å²) in [6, 6.07) is 28.4. The summed E-state index contributed by atoms with van der Waals surface area (Å²) >= 11 is 1.43. The Hall–Kier alpha value is -7.50. The van der Waals surface area contributed by atoms with Gasteiger partial charge in [0.1, 0.15) is 11.6 Å². The van der Waals surface area contributed by atoms with Gasteiger partial charge in [-0.3, -0.25) is 39.4 Å². The number of nitrogens with one attached hydrogen (secondary N) is 3. The first kappa shape index (κ1) is 47.2. The van der Waals surface area contributed by atoms with Crippen LogP contribution in [0.2, 0.25) is 0 Å². The molecule has 2 saturated heterocycles. The van der Waals surface area contributed by atoms with E-state index in [0.29, 0.717) is 84.2 Å². The average molecular weight is 974 g/mol. The van der Waals surface area contributed by atoms with Crippen LogP contribution in [0.5, 0.6) is 5.75 Å². The molecule has 0 saturated carbocycles. The molecule has 6 heterocycles. The number of aromatic nitrogens is 4. The maximum Gasteiger partial charge on any atom is 0.355 e. The number of carbonyl (C=O) groups is 5. The quantitative estimate of drug-likeness (QED) is 0.0565. The van der Waals surface area contributed by atoms with E-state index in [4.69, 9.17) is 9.72 Å². The van der Waals surface area contributed by atoms with Gasteiger partial charge in [0.25, 0.3) is 5.91 Å². The number of piperidine rings is 2. The van der Waals surface area contributed by atoms with E-state index in [0.717, 1.165) is 88.6 Å². The first-order valence-corrected chi connectivity index (χ1v) is 25.1. The standard InChI is InChI=1S/C54H55N9O7S/c1-32-36(37-20-22-46(57-50(37)53(68)69)63-26-24-34-12-7-14-38(41(34)30-63)51(66)59-54-56-42-15-3-4-17-45(42)71-54)13-8-16-44(32)70-27-6-5-10-33-11-9-25-62(29-33)31-48(65)55-35-18-19-39-43(28-35)61(2)60-49(39)40-21-23-47(64)58-52(40)67/h3-4,7-8,12-20,22,28,33,40H,5-6,9-11,21,23-27,29-31H2,1-2H3,(H,55,65)(H,68,69)(H,56,59,66)(H,58,64,67)/t33-,40?/m1/s1. The van der Waals surface area contributed by atoms with Crippen molar-refractivity contribution in [2.24, 2.45) is 13.0 Å². The van der Waals surface area contributed by atoms with Crippen LogP contribution >= 0.6 is 11.3 Å². The number of carboxylic acid groups (broad SMARTS) is 1. The largest absolute Gasteiger partial charge is 0.493 e. The van der Waals surface area contributed by atoms with Crippen LogP contribution in [-0.2, 0) is 34.4 Å². The molecule has 2 atom stereocenters. The topological polar surface area (TPSA) is 201 Å².